The standard InChI is InChI=1S/C12H8Cl2N2OS/c13-7-1-2-8(9(14)5-7)11-10(6-17)16-3-4-18-12(16)15-11/h1-2,5-6H,3-4H2. The monoisotopic (exact) mass is 298 g/mol. The highest BCUT2D eigenvalue weighted by atomic mass is 35.5. The third-order valence-electron chi connectivity index (χ3n) is 2.82. The van der Waals surface area contributed by atoms with Crippen LogP contribution in [0.3, 0.4) is 0 Å². The van der Waals surface area contributed by atoms with Crippen LogP contribution in [0.25, 0.3) is 11.3 Å². The lowest BCUT2D eigenvalue weighted by molar-refractivity contribution is 0.111. The molecule has 2 aromatic rings. The third kappa shape index (κ3) is 1.85. The fourth-order valence-corrected chi connectivity index (χ4v) is 3.45. The Bertz CT molecular complexity index is 639. The second-order valence-electron chi connectivity index (χ2n) is 3.87. The van der Waals surface area contributed by atoms with Crippen LogP contribution in [0, 0.1) is 0 Å². The normalized spacial score (nSPS) is 13.7. The van der Waals surface area contributed by atoms with Gasteiger partial charge in [0.05, 0.1) is 5.02 Å². The Hall–Kier alpha value is -0.970. The molecule has 3 rings (SSSR count). The Morgan fingerprint density at radius 1 is 1.39 bits per heavy atom. The van der Waals surface area contributed by atoms with Crippen LogP contribution in [0.15, 0.2) is 23.4 Å². The summed E-state index contributed by atoms with van der Waals surface area (Å²) in [4.78, 5) is 15.7. The van der Waals surface area contributed by atoms with Crippen molar-refractivity contribution in [1.82, 2.24) is 9.55 Å². The van der Waals surface area contributed by atoms with Crippen molar-refractivity contribution >= 4 is 41.2 Å². The second kappa shape index (κ2) is 4.61. The summed E-state index contributed by atoms with van der Waals surface area (Å²) in [6.07, 6.45) is 0.836. The summed E-state index contributed by atoms with van der Waals surface area (Å²) in [5.74, 6) is 0.956. The molecule has 0 saturated carbocycles. The maximum atomic E-state index is 11.3. The van der Waals surface area contributed by atoms with Crippen LogP contribution in [-0.4, -0.2) is 21.6 Å². The van der Waals surface area contributed by atoms with Crippen molar-refractivity contribution in [3.63, 3.8) is 0 Å². The largest absolute Gasteiger partial charge is 0.315 e. The number of hydrogen-bond donors (Lipinski definition) is 0. The number of halogens is 2. The van der Waals surface area contributed by atoms with Gasteiger partial charge in [0.25, 0.3) is 0 Å². The summed E-state index contributed by atoms with van der Waals surface area (Å²) in [6, 6.07) is 5.19. The zero-order valence-corrected chi connectivity index (χ0v) is 11.5. The molecule has 0 N–H and O–H groups in total. The molecule has 1 aliphatic heterocycles. The number of aromatic nitrogens is 2. The van der Waals surface area contributed by atoms with Crippen molar-refractivity contribution in [3.8, 4) is 11.3 Å². The van der Waals surface area contributed by atoms with Gasteiger partial charge in [0, 0.05) is 22.9 Å². The van der Waals surface area contributed by atoms with Crippen molar-refractivity contribution in [2.45, 2.75) is 11.7 Å². The molecule has 0 atom stereocenters. The molecule has 18 heavy (non-hydrogen) atoms. The van der Waals surface area contributed by atoms with Gasteiger partial charge >= 0.3 is 0 Å². The molecular weight excluding hydrogens is 291 g/mol. The maximum Gasteiger partial charge on any atom is 0.169 e. The highest BCUT2D eigenvalue weighted by molar-refractivity contribution is 7.99. The van der Waals surface area contributed by atoms with E-state index in [9.17, 15) is 4.79 Å². The molecule has 0 bridgehead atoms. The quantitative estimate of drug-likeness (QED) is 0.792. The van der Waals surface area contributed by atoms with E-state index in [0.717, 1.165) is 29.3 Å². The Labute approximate surface area is 118 Å². The van der Waals surface area contributed by atoms with E-state index in [2.05, 4.69) is 4.98 Å². The number of thioether (sulfide) groups is 1. The van der Waals surface area contributed by atoms with Gasteiger partial charge in [-0.1, -0.05) is 35.0 Å². The first kappa shape index (κ1) is 12.1. The molecule has 2 heterocycles. The van der Waals surface area contributed by atoms with Gasteiger partial charge in [-0.15, -0.1) is 0 Å². The van der Waals surface area contributed by atoms with Gasteiger partial charge < -0.3 is 4.57 Å². The second-order valence-corrected chi connectivity index (χ2v) is 5.78. The summed E-state index contributed by atoms with van der Waals surface area (Å²) in [5, 5.41) is 1.95. The molecule has 0 saturated heterocycles. The molecule has 92 valence electrons. The van der Waals surface area contributed by atoms with Crippen LogP contribution in [0.4, 0.5) is 0 Å². The van der Waals surface area contributed by atoms with Crippen LogP contribution >= 0.6 is 35.0 Å². The summed E-state index contributed by atoms with van der Waals surface area (Å²) >= 11 is 13.7. The smallest absolute Gasteiger partial charge is 0.169 e. The SMILES string of the molecule is O=Cc1c(-c2ccc(Cl)cc2Cl)nc2n1CCS2. The molecule has 0 aliphatic carbocycles. The van der Waals surface area contributed by atoms with Gasteiger partial charge in [0.15, 0.2) is 11.4 Å². The zero-order valence-electron chi connectivity index (χ0n) is 9.19. The number of hydrogen-bond acceptors (Lipinski definition) is 3. The summed E-state index contributed by atoms with van der Waals surface area (Å²) < 4.78 is 1.93. The van der Waals surface area contributed by atoms with Gasteiger partial charge in [-0.3, -0.25) is 4.79 Å². The predicted octanol–water partition coefficient (Wildman–Crippen LogP) is 3.78. The van der Waals surface area contributed by atoms with E-state index in [1.54, 1.807) is 30.0 Å². The van der Waals surface area contributed by atoms with E-state index in [0.29, 0.717) is 21.4 Å². The Kier molecular flexibility index (Phi) is 3.09. The average molecular weight is 299 g/mol. The third-order valence-corrected chi connectivity index (χ3v) is 4.32. The van der Waals surface area contributed by atoms with Gasteiger partial charge in [-0.05, 0) is 18.2 Å². The summed E-state index contributed by atoms with van der Waals surface area (Å²) in [6.45, 7) is 0.812. The molecule has 0 amide bonds. The number of imidazole rings is 1. The van der Waals surface area contributed by atoms with Crippen molar-refractivity contribution in [2.24, 2.45) is 0 Å². The van der Waals surface area contributed by atoms with Crippen molar-refractivity contribution in [3.05, 3.63) is 33.9 Å². The lowest BCUT2D eigenvalue weighted by Gasteiger charge is -2.04. The number of aldehydes is 1. The lowest BCUT2D eigenvalue weighted by atomic mass is 10.1. The maximum absolute atomic E-state index is 11.3. The number of carbonyl (C=O) groups is 1. The fraction of sp³-hybridized carbons (Fsp3) is 0.167. The molecule has 0 radical (unpaired) electrons. The van der Waals surface area contributed by atoms with E-state index in [-0.39, 0.29) is 0 Å². The van der Waals surface area contributed by atoms with Crippen LogP contribution in [0.5, 0.6) is 0 Å². The number of benzene rings is 1. The first-order valence-corrected chi connectivity index (χ1v) is 7.09. The Morgan fingerprint density at radius 3 is 2.94 bits per heavy atom. The van der Waals surface area contributed by atoms with Gasteiger partial charge in [-0.25, -0.2) is 4.98 Å². The van der Waals surface area contributed by atoms with Crippen LogP contribution in [-0.2, 0) is 6.54 Å². The molecule has 0 fully saturated rings. The molecule has 1 aromatic heterocycles. The molecule has 1 aliphatic rings. The van der Waals surface area contributed by atoms with Crippen LogP contribution in [0.2, 0.25) is 10.0 Å². The van der Waals surface area contributed by atoms with Crippen LogP contribution in [0.1, 0.15) is 10.5 Å². The van der Waals surface area contributed by atoms with E-state index in [1.807, 2.05) is 4.57 Å². The first-order valence-electron chi connectivity index (χ1n) is 5.34. The van der Waals surface area contributed by atoms with Gasteiger partial charge in [0.2, 0.25) is 0 Å². The molecule has 0 spiro atoms. The summed E-state index contributed by atoms with van der Waals surface area (Å²) in [5.41, 5.74) is 1.96. The molecular formula is C12H8Cl2N2OS. The Morgan fingerprint density at radius 2 is 2.22 bits per heavy atom. The van der Waals surface area contributed by atoms with E-state index < -0.39 is 0 Å². The first-order chi connectivity index (χ1) is 8.70. The molecule has 1 aromatic carbocycles. The highest BCUT2D eigenvalue weighted by Crippen LogP contribution is 2.36. The molecule has 0 unspecified atom stereocenters. The minimum Gasteiger partial charge on any atom is -0.315 e. The molecule has 3 nitrogen and oxygen atoms in total. The highest BCUT2D eigenvalue weighted by Gasteiger charge is 2.23. The number of fused-ring (bicyclic) bond motifs is 1. The zero-order chi connectivity index (χ0) is 12.7. The van der Waals surface area contributed by atoms with Gasteiger partial charge in [-0.2, -0.15) is 0 Å². The van der Waals surface area contributed by atoms with Crippen molar-refractivity contribution in [2.75, 3.05) is 5.75 Å². The molecule has 6 heteroatoms. The number of carbonyl (C=O) groups excluding carboxylic acids is 1. The number of rotatable bonds is 2. The topological polar surface area (TPSA) is 34.9 Å². The lowest BCUT2D eigenvalue weighted by Crippen LogP contribution is -2.00. The minimum absolute atomic E-state index is 0.507. The van der Waals surface area contributed by atoms with Crippen molar-refractivity contribution < 1.29 is 4.79 Å². The number of nitrogens with zero attached hydrogens (tertiary/aromatic N) is 2. The fourth-order valence-electron chi connectivity index (χ4n) is 2.00. The average Bonchev–Trinajstić information content (AvgIpc) is 2.88. The van der Waals surface area contributed by atoms with E-state index in [4.69, 9.17) is 23.2 Å². The van der Waals surface area contributed by atoms with Gasteiger partial charge in [0.1, 0.15) is 11.4 Å². The summed E-state index contributed by atoms with van der Waals surface area (Å²) in [7, 11) is 0. The van der Waals surface area contributed by atoms with E-state index in [1.165, 1.54) is 0 Å². The Balaban J connectivity index is 2.20. The minimum atomic E-state index is 0.507. The predicted molar refractivity (Wildman–Crippen MR) is 73.8 cm³/mol. The van der Waals surface area contributed by atoms with E-state index >= 15 is 0 Å². The van der Waals surface area contributed by atoms with Crippen molar-refractivity contribution in [1.29, 1.82) is 0 Å². The van der Waals surface area contributed by atoms with Crippen LogP contribution < -0.4 is 0 Å².